The zero-order valence-electron chi connectivity index (χ0n) is 16.7. The number of piperazine rings is 1. The van der Waals surface area contributed by atoms with Crippen molar-refractivity contribution in [3.8, 4) is 0 Å². The largest absolute Gasteiger partial charge is 0.395 e. The van der Waals surface area contributed by atoms with Gasteiger partial charge in [-0.2, -0.15) is 9.40 Å². The third kappa shape index (κ3) is 4.84. The molecule has 2 heterocycles. The summed E-state index contributed by atoms with van der Waals surface area (Å²) < 4.78 is 28.9. The minimum Gasteiger partial charge on any atom is -0.395 e. The lowest BCUT2D eigenvalue weighted by Crippen LogP contribution is -2.52. The van der Waals surface area contributed by atoms with Crippen molar-refractivity contribution >= 4 is 21.7 Å². The second-order valence-electron chi connectivity index (χ2n) is 7.04. The summed E-state index contributed by atoms with van der Waals surface area (Å²) in [6.45, 7) is 4.01. The predicted molar refractivity (Wildman–Crippen MR) is 109 cm³/mol. The van der Waals surface area contributed by atoms with E-state index in [0.29, 0.717) is 37.6 Å². The molecule has 1 saturated heterocycles. The van der Waals surface area contributed by atoms with Crippen LogP contribution in [0.25, 0.3) is 0 Å². The Morgan fingerprint density at radius 1 is 1.17 bits per heavy atom. The molecule has 3 rings (SSSR count). The van der Waals surface area contributed by atoms with Crippen LogP contribution in [0.1, 0.15) is 23.7 Å². The Bertz CT molecular complexity index is 930. The number of aryl methyl sites for hydroxylation is 1. The highest BCUT2D eigenvalue weighted by molar-refractivity contribution is 7.89. The van der Waals surface area contributed by atoms with Crippen LogP contribution in [0.5, 0.6) is 0 Å². The zero-order chi connectivity index (χ0) is 21.0. The summed E-state index contributed by atoms with van der Waals surface area (Å²) in [5, 5.41) is 16.2. The molecule has 1 atom stereocenters. The number of nitrogens with zero attached hydrogens (tertiary/aromatic N) is 4. The Labute approximate surface area is 171 Å². The van der Waals surface area contributed by atoms with E-state index in [1.807, 2.05) is 6.92 Å². The second-order valence-corrected chi connectivity index (χ2v) is 8.98. The van der Waals surface area contributed by atoms with Gasteiger partial charge in [-0.25, -0.2) is 8.42 Å². The third-order valence-corrected chi connectivity index (χ3v) is 7.09. The quantitative estimate of drug-likeness (QED) is 0.683. The highest BCUT2D eigenvalue weighted by Crippen LogP contribution is 2.20. The molecule has 1 aliphatic heterocycles. The van der Waals surface area contributed by atoms with Gasteiger partial charge in [0.2, 0.25) is 10.0 Å². The van der Waals surface area contributed by atoms with Crippen LogP contribution in [0.15, 0.2) is 41.4 Å². The minimum absolute atomic E-state index is 0.0664. The predicted octanol–water partition coefficient (Wildman–Crippen LogP) is 0.750. The Kier molecular flexibility index (Phi) is 6.68. The van der Waals surface area contributed by atoms with Crippen LogP contribution < -0.4 is 5.32 Å². The molecular formula is C19H27N5O4S. The molecule has 0 radical (unpaired) electrons. The monoisotopic (exact) mass is 421 g/mol. The Balaban J connectivity index is 1.65. The fourth-order valence-electron chi connectivity index (χ4n) is 3.41. The van der Waals surface area contributed by atoms with Gasteiger partial charge in [0, 0.05) is 57.1 Å². The van der Waals surface area contributed by atoms with Gasteiger partial charge in [0.25, 0.3) is 5.91 Å². The summed E-state index contributed by atoms with van der Waals surface area (Å²) >= 11 is 0. The van der Waals surface area contributed by atoms with Gasteiger partial charge in [-0.05, 0) is 30.7 Å². The third-order valence-electron chi connectivity index (χ3n) is 5.18. The van der Waals surface area contributed by atoms with Crippen LogP contribution in [0.2, 0.25) is 0 Å². The molecule has 1 fully saturated rings. The number of sulfonamides is 1. The summed E-state index contributed by atoms with van der Waals surface area (Å²) in [6, 6.07) is 7.66. The number of anilines is 1. The lowest BCUT2D eigenvalue weighted by atomic mass is 10.2. The van der Waals surface area contributed by atoms with Crippen LogP contribution in [-0.4, -0.2) is 77.2 Å². The summed E-state index contributed by atoms with van der Waals surface area (Å²) in [5.41, 5.74) is 0.355. The summed E-state index contributed by atoms with van der Waals surface area (Å²) in [7, 11) is -1.87. The molecule has 1 aromatic carbocycles. The second kappa shape index (κ2) is 9.04. The van der Waals surface area contributed by atoms with Gasteiger partial charge in [0.1, 0.15) is 0 Å². The molecule has 29 heavy (non-hydrogen) atoms. The minimum atomic E-state index is -3.63. The van der Waals surface area contributed by atoms with E-state index in [4.69, 9.17) is 0 Å². The van der Waals surface area contributed by atoms with E-state index in [2.05, 4.69) is 15.3 Å². The van der Waals surface area contributed by atoms with E-state index in [1.165, 1.54) is 28.6 Å². The number of rotatable bonds is 7. The molecule has 158 valence electrons. The average Bonchev–Trinajstić information content (AvgIpc) is 3.14. The smallest absolute Gasteiger partial charge is 0.256 e. The number of hydrogen-bond acceptors (Lipinski definition) is 6. The van der Waals surface area contributed by atoms with Gasteiger partial charge in [-0.1, -0.05) is 6.92 Å². The molecule has 2 aromatic rings. The maximum atomic E-state index is 12.9. The molecule has 1 aromatic heterocycles. The molecule has 0 unspecified atom stereocenters. The molecule has 1 amide bonds. The molecular weight excluding hydrogens is 394 g/mol. The normalized spacial score (nSPS) is 17.2. The van der Waals surface area contributed by atoms with Crippen LogP contribution in [0.3, 0.4) is 0 Å². The fraction of sp³-hybridized carbons (Fsp3) is 0.474. The standard InChI is InChI=1S/C19H27N5O4S/c1-3-16(14-25)23-10-12-24(13-11-23)29(27,28)17-6-4-15(5-7-17)19(26)20-18-8-9-22(2)21-18/h4-9,16,25H,3,10-14H2,1-2H3,(H,20,21,26)/t16-/m0/s1. The van der Waals surface area contributed by atoms with Crippen LogP contribution >= 0.6 is 0 Å². The van der Waals surface area contributed by atoms with Crippen molar-refractivity contribution in [1.82, 2.24) is 19.0 Å². The van der Waals surface area contributed by atoms with E-state index in [0.717, 1.165) is 6.42 Å². The number of aliphatic hydroxyl groups excluding tert-OH is 1. The molecule has 1 aliphatic rings. The number of aliphatic hydroxyl groups is 1. The van der Waals surface area contributed by atoms with Gasteiger partial charge in [0.15, 0.2) is 5.82 Å². The van der Waals surface area contributed by atoms with Crippen molar-refractivity contribution in [2.45, 2.75) is 24.3 Å². The van der Waals surface area contributed by atoms with E-state index in [9.17, 15) is 18.3 Å². The van der Waals surface area contributed by atoms with Crippen molar-refractivity contribution in [1.29, 1.82) is 0 Å². The molecule has 0 aliphatic carbocycles. The fourth-order valence-corrected chi connectivity index (χ4v) is 4.83. The van der Waals surface area contributed by atoms with Gasteiger partial charge >= 0.3 is 0 Å². The number of benzene rings is 1. The highest BCUT2D eigenvalue weighted by atomic mass is 32.2. The maximum Gasteiger partial charge on any atom is 0.256 e. The zero-order valence-corrected chi connectivity index (χ0v) is 17.5. The van der Waals surface area contributed by atoms with Crippen molar-refractivity contribution in [3.05, 3.63) is 42.1 Å². The molecule has 2 N–H and O–H groups in total. The van der Waals surface area contributed by atoms with Crippen LogP contribution in [-0.2, 0) is 17.1 Å². The molecule has 0 spiro atoms. The van der Waals surface area contributed by atoms with Gasteiger partial charge in [0.05, 0.1) is 11.5 Å². The molecule has 0 saturated carbocycles. The number of nitrogens with one attached hydrogen (secondary N) is 1. The van der Waals surface area contributed by atoms with Crippen LogP contribution in [0, 0.1) is 0 Å². The summed E-state index contributed by atoms with van der Waals surface area (Å²) in [5.74, 6) is 0.0798. The Hall–Kier alpha value is -2.27. The summed E-state index contributed by atoms with van der Waals surface area (Å²) in [4.78, 5) is 14.6. The molecule has 0 bridgehead atoms. The number of amides is 1. The first-order chi connectivity index (χ1) is 13.8. The van der Waals surface area contributed by atoms with Crippen molar-refractivity contribution < 1.29 is 18.3 Å². The van der Waals surface area contributed by atoms with E-state index >= 15 is 0 Å². The van der Waals surface area contributed by atoms with Crippen molar-refractivity contribution in [3.63, 3.8) is 0 Å². The highest BCUT2D eigenvalue weighted by Gasteiger charge is 2.30. The molecule has 9 nitrogen and oxygen atoms in total. The molecule has 10 heteroatoms. The number of hydrogen-bond donors (Lipinski definition) is 2. The maximum absolute atomic E-state index is 12.9. The van der Waals surface area contributed by atoms with Crippen molar-refractivity contribution in [2.24, 2.45) is 7.05 Å². The van der Waals surface area contributed by atoms with Gasteiger partial charge < -0.3 is 10.4 Å². The number of carbonyl (C=O) groups is 1. The Morgan fingerprint density at radius 2 is 1.83 bits per heavy atom. The Morgan fingerprint density at radius 3 is 2.34 bits per heavy atom. The SMILES string of the molecule is CC[C@@H](CO)N1CCN(S(=O)(=O)c2ccc(C(=O)Nc3ccn(C)n3)cc2)CC1. The first-order valence-electron chi connectivity index (χ1n) is 9.61. The van der Waals surface area contributed by atoms with E-state index in [1.54, 1.807) is 24.0 Å². The van der Waals surface area contributed by atoms with Gasteiger partial charge in [-0.3, -0.25) is 14.4 Å². The van der Waals surface area contributed by atoms with E-state index in [-0.39, 0.29) is 23.5 Å². The van der Waals surface area contributed by atoms with Gasteiger partial charge in [-0.15, -0.1) is 0 Å². The van der Waals surface area contributed by atoms with Crippen LogP contribution in [0.4, 0.5) is 5.82 Å². The lowest BCUT2D eigenvalue weighted by molar-refractivity contribution is 0.0881. The van der Waals surface area contributed by atoms with Crippen molar-refractivity contribution in [2.75, 3.05) is 38.1 Å². The summed E-state index contributed by atoms with van der Waals surface area (Å²) in [6.07, 6.45) is 2.54. The first-order valence-corrected chi connectivity index (χ1v) is 11.0. The van der Waals surface area contributed by atoms with E-state index < -0.39 is 10.0 Å². The number of carbonyl (C=O) groups excluding carboxylic acids is 1. The lowest BCUT2D eigenvalue weighted by Gasteiger charge is -2.37. The first kappa shape index (κ1) is 21.4. The number of aromatic nitrogens is 2. The average molecular weight is 422 g/mol. The topological polar surface area (TPSA) is 108 Å².